The van der Waals surface area contributed by atoms with E-state index in [1.165, 1.54) is 0 Å². The van der Waals surface area contributed by atoms with Crippen molar-refractivity contribution in [3.63, 3.8) is 0 Å². The van der Waals surface area contributed by atoms with Crippen LogP contribution in [-0.4, -0.2) is 27.9 Å². The fourth-order valence-corrected chi connectivity index (χ4v) is 2.70. The van der Waals surface area contributed by atoms with Crippen molar-refractivity contribution in [2.75, 3.05) is 0 Å². The van der Waals surface area contributed by atoms with E-state index in [-0.39, 0.29) is 11.6 Å². The van der Waals surface area contributed by atoms with E-state index in [0.717, 1.165) is 12.8 Å². The molecule has 0 spiro atoms. The van der Waals surface area contributed by atoms with Gasteiger partial charge in [0.2, 0.25) is 0 Å². The van der Waals surface area contributed by atoms with Crippen molar-refractivity contribution in [1.29, 1.82) is 0 Å². The van der Waals surface area contributed by atoms with Gasteiger partial charge in [0, 0.05) is 5.54 Å². The lowest BCUT2D eigenvalue weighted by Gasteiger charge is -2.44. The number of aliphatic hydroxyl groups is 1. The average molecular weight is 213 g/mol. The maximum atomic E-state index is 11.5. The van der Waals surface area contributed by atoms with E-state index < -0.39 is 11.2 Å². The second-order valence-corrected chi connectivity index (χ2v) is 5.99. The highest BCUT2D eigenvalue weighted by Gasteiger charge is 2.61. The number of carbonyl (C=O) groups excluding carboxylic acids is 1. The summed E-state index contributed by atoms with van der Waals surface area (Å²) >= 11 is 0. The molecule has 2 bridgehead atoms. The summed E-state index contributed by atoms with van der Waals surface area (Å²) in [5.74, 6) is 0. The Bertz CT molecular complexity index is 287. The topological polar surface area (TPSA) is 58.6 Å². The fraction of sp³-hybridized carbons (Fsp3) is 0.909. The second-order valence-electron chi connectivity index (χ2n) is 5.99. The number of alkyl carbamates (subject to hydrolysis) is 1. The van der Waals surface area contributed by atoms with Crippen LogP contribution < -0.4 is 5.32 Å². The molecule has 3 aliphatic carbocycles. The van der Waals surface area contributed by atoms with E-state index in [9.17, 15) is 9.90 Å². The van der Waals surface area contributed by atoms with Crippen molar-refractivity contribution in [2.45, 2.75) is 63.2 Å². The minimum atomic E-state index is -0.505. The first-order valence-corrected chi connectivity index (χ1v) is 5.46. The van der Waals surface area contributed by atoms with Gasteiger partial charge >= 0.3 is 6.09 Å². The van der Waals surface area contributed by atoms with Gasteiger partial charge in [0.15, 0.2) is 0 Å². The molecule has 15 heavy (non-hydrogen) atoms. The second kappa shape index (κ2) is 2.88. The summed E-state index contributed by atoms with van der Waals surface area (Å²) in [4.78, 5) is 11.5. The lowest BCUT2D eigenvalue weighted by molar-refractivity contribution is -0.0456. The molecule has 0 aromatic heterocycles. The Morgan fingerprint density at radius 2 is 1.93 bits per heavy atom. The molecule has 86 valence electrons. The first kappa shape index (κ1) is 10.7. The van der Waals surface area contributed by atoms with Crippen LogP contribution in [0.2, 0.25) is 0 Å². The highest BCUT2D eigenvalue weighted by molar-refractivity contribution is 5.69. The van der Waals surface area contributed by atoms with Crippen molar-refractivity contribution in [1.82, 2.24) is 5.32 Å². The smallest absolute Gasteiger partial charge is 0.408 e. The summed E-state index contributed by atoms with van der Waals surface area (Å²) in [7, 11) is 0. The number of hydrogen-bond donors (Lipinski definition) is 2. The van der Waals surface area contributed by atoms with Crippen LogP contribution in [0.5, 0.6) is 0 Å². The molecule has 0 aliphatic heterocycles. The third-order valence-corrected chi connectivity index (χ3v) is 3.17. The highest BCUT2D eigenvalue weighted by Crippen LogP contribution is 2.54. The number of hydrogen-bond acceptors (Lipinski definition) is 3. The van der Waals surface area contributed by atoms with Gasteiger partial charge in [-0.1, -0.05) is 0 Å². The Kier molecular flexibility index (Phi) is 2.06. The van der Waals surface area contributed by atoms with Gasteiger partial charge in [0.25, 0.3) is 0 Å². The zero-order valence-corrected chi connectivity index (χ0v) is 9.59. The number of carbonyl (C=O) groups is 1. The lowest BCUT2D eigenvalue weighted by Crippen LogP contribution is -2.59. The van der Waals surface area contributed by atoms with Crippen LogP contribution in [0.3, 0.4) is 0 Å². The number of fused-ring (bicyclic) bond motifs is 1. The molecule has 3 fully saturated rings. The molecule has 4 nitrogen and oxygen atoms in total. The standard InChI is InChI=1S/C11H19NO3/c1-9(2,3)15-8(13)12-10-4-5-11(14,6-10)7-10/h14H,4-7H2,1-3H3,(H,12,13). The molecule has 0 saturated heterocycles. The predicted molar refractivity (Wildman–Crippen MR) is 55.5 cm³/mol. The Labute approximate surface area is 90.0 Å². The molecule has 0 aromatic rings. The summed E-state index contributed by atoms with van der Waals surface area (Å²) in [5, 5.41) is 12.7. The van der Waals surface area contributed by atoms with Crippen molar-refractivity contribution in [2.24, 2.45) is 0 Å². The van der Waals surface area contributed by atoms with Crippen molar-refractivity contribution >= 4 is 6.09 Å². The zero-order valence-electron chi connectivity index (χ0n) is 9.59. The molecule has 1 amide bonds. The van der Waals surface area contributed by atoms with Crippen LogP contribution in [0, 0.1) is 0 Å². The quantitative estimate of drug-likeness (QED) is 0.695. The fourth-order valence-electron chi connectivity index (χ4n) is 2.70. The number of ether oxygens (including phenoxy) is 1. The predicted octanol–water partition coefficient (Wildman–Crippen LogP) is 1.57. The summed E-state index contributed by atoms with van der Waals surface area (Å²) < 4.78 is 5.19. The van der Waals surface area contributed by atoms with Gasteiger partial charge in [-0.15, -0.1) is 0 Å². The van der Waals surface area contributed by atoms with Crippen LogP contribution >= 0.6 is 0 Å². The van der Waals surface area contributed by atoms with Gasteiger partial charge < -0.3 is 15.2 Å². The number of nitrogens with one attached hydrogen (secondary N) is 1. The minimum Gasteiger partial charge on any atom is -0.444 e. The molecule has 0 radical (unpaired) electrons. The van der Waals surface area contributed by atoms with Gasteiger partial charge in [0.05, 0.1) is 5.60 Å². The molecule has 3 rings (SSSR count). The zero-order chi connectivity index (χ0) is 11.3. The van der Waals surface area contributed by atoms with Gasteiger partial charge in [-0.2, -0.15) is 0 Å². The molecule has 0 unspecified atom stereocenters. The molecule has 0 aromatic carbocycles. The van der Waals surface area contributed by atoms with Gasteiger partial charge in [-0.05, 0) is 46.5 Å². The third kappa shape index (κ3) is 2.09. The molecule has 3 saturated carbocycles. The molecule has 0 heterocycles. The first-order valence-electron chi connectivity index (χ1n) is 5.46. The van der Waals surface area contributed by atoms with Crippen molar-refractivity contribution in [3.8, 4) is 0 Å². The van der Waals surface area contributed by atoms with E-state index in [0.29, 0.717) is 12.8 Å². The molecule has 0 atom stereocenters. The van der Waals surface area contributed by atoms with Crippen LogP contribution in [0.15, 0.2) is 0 Å². The van der Waals surface area contributed by atoms with Crippen LogP contribution in [-0.2, 0) is 4.74 Å². The number of amides is 1. The molecular weight excluding hydrogens is 194 g/mol. The van der Waals surface area contributed by atoms with Gasteiger partial charge in [0.1, 0.15) is 5.60 Å². The summed E-state index contributed by atoms with van der Waals surface area (Å²) in [5.41, 5.74) is -1.15. The Hall–Kier alpha value is -0.770. The maximum Gasteiger partial charge on any atom is 0.408 e. The monoisotopic (exact) mass is 213 g/mol. The Balaban J connectivity index is 1.86. The summed E-state index contributed by atoms with van der Waals surface area (Å²) in [6, 6.07) is 0. The Morgan fingerprint density at radius 3 is 2.33 bits per heavy atom. The van der Waals surface area contributed by atoms with E-state index >= 15 is 0 Å². The molecule has 4 heteroatoms. The van der Waals surface area contributed by atoms with E-state index in [2.05, 4.69) is 5.32 Å². The lowest BCUT2D eigenvalue weighted by atomic mass is 9.74. The number of rotatable bonds is 1. The van der Waals surface area contributed by atoms with Crippen molar-refractivity contribution in [3.05, 3.63) is 0 Å². The van der Waals surface area contributed by atoms with Crippen LogP contribution in [0.25, 0.3) is 0 Å². The van der Waals surface area contributed by atoms with E-state index in [4.69, 9.17) is 4.74 Å². The van der Waals surface area contributed by atoms with E-state index in [1.54, 1.807) is 0 Å². The molecule has 2 N–H and O–H groups in total. The summed E-state index contributed by atoms with van der Waals surface area (Å²) in [6.45, 7) is 5.53. The first-order chi connectivity index (χ1) is 6.72. The van der Waals surface area contributed by atoms with Gasteiger partial charge in [-0.3, -0.25) is 0 Å². The van der Waals surface area contributed by atoms with Gasteiger partial charge in [-0.25, -0.2) is 4.79 Å². The third-order valence-electron chi connectivity index (χ3n) is 3.17. The molecular formula is C11H19NO3. The summed E-state index contributed by atoms with van der Waals surface area (Å²) in [6.07, 6.45) is 2.65. The SMILES string of the molecule is CC(C)(C)OC(=O)NC12CCC(O)(C1)C2. The molecule has 3 aliphatic rings. The maximum absolute atomic E-state index is 11.5. The van der Waals surface area contributed by atoms with E-state index in [1.807, 2.05) is 20.8 Å². The van der Waals surface area contributed by atoms with Crippen molar-refractivity contribution < 1.29 is 14.6 Å². The minimum absolute atomic E-state index is 0.183. The average Bonchev–Trinajstić information content (AvgIpc) is 2.35. The normalized spacial score (nSPS) is 38.4. The largest absolute Gasteiger partial charge is 0.444 e. The van der Waals surface area contributed by atoms with Crippen LogP contribution in [0.1, 0.15) is 46.5 Å². The van der Waals surface area contributed by atoms with Crippen LogP contribution in [0.4, 0.5) is 4.79 Å². The highest BCUT2D eigenvalue weighted by atomic mass is 16.6. The Morgan fingerprint density at radius 1 is 1.33 bits per heavy atom.